The van der Waals surface area contributed by atoms with Crippen molar-refractivity contribution in [2.45, 2.75) is 19.0 Å². The molecule has 1 fully saturated rings. The fourth-order valence-corrected chi connectivity index (χ4v) is 4.83. The van der Waals surface area contributed by atoms with Crippen LogP contribution in [0.5, 0.6) is 0 Å². The Morgan fingerprint density at radius 1 is 1.39 bits per heavy atom. The topological polar surface area (TPSA) is 43.4 Å². The van der Waals surface area contributed by atoms with Crippen LogP contribution in [-0.2, 0) is 14.6 Å². The van der Waals surface area contributed by atoms with E-state index in [0.29, 0.717) is 18.2 Å². The van der Waals surface area contributed by atoms with Crippen LogP contribution in [0.4, 0.5) is 13.2 Å². The highest BCUT2D eigenvalue weighted by Gasteiger charge is 2.33. The van der Waals surface area contributed by atoms with Crippen LogP contribution < -0.4 is 0 Å². The molecular formula is C10H16BrF3O3S. The first kappa shape index (κ1) is 16.2. The highest BCUT2D eigenvalue weighted by atomic mass is 79.9. The second kappa shape index (κ2) is 6.56. The normalized spacial score (nSPS) is 25.2. The zero-order chi connectivity index (χ0) is 13.8. The minimum Gasteiger partial charge on any atom is -0.372 e. The summed E-state index contributed by atoms with van der Waals surface area (Å²) < 4.78 is 62.8. The summed E-state index contributed by atoms with van der Waals surface area (Å²) in [6, 6.07) is 0. The average Bonchev–Trinajstić information content (AvgIpc) is 2.57. The van der Waals surface area contributed by atoms with Crippen LogP contribution in [-0.4, -0.2) is 44.6 Å². The molecule has 0 N–H and O–H groups in total. The Morgan fingerprint density at radius 2 is 2.06 bits per heavy atom. The molecular weight excluding hydrogens is 337 g/mol. The van der Waals surface area contributed by atoms with E-state index in [1.54, 1.807) is 0 Å². The van der Waals surface area contributed by atoms with Crippen molar-refractivity contribution in [2.24, 2.45) is 11.8 Å². The third-order valence-electron chi connectivity index (χ3n) is 3.03. The van der Waals surface area contributed by atoms with Crippen LogP contribution in [0.15, 0.2) is 0 Å². The fraction of sp³-hybridized carbons (Fsp3) is 1.00. The van der Waals surface area contributed by atoms with Crippen LogP contribution in [0.3, 0.4) is 0 Å². The van der Waals surface area contributed by atoms with E-state index in [1.165, 1.54) is 0 Å². The second-order valence-electron chi connectivity index (χ2n) is 4.53. The summed E-state index contributed by atoms with van der Waals surface area (Å²) in [7, 11) is -2.95. The largest absolute Gasteiger partial charge is 0.411 e. The van der Waals surface area contributed by atoms with E-state index in [2.05, 4.69) is 20.7 Å². The maximum atomic E-state index is 11.9. The van der Waals surface area contributed by atoms with Crippen LogP contribution in [0, 0.1) is 11.8 Å². The van der Waals surface area contributed by atoms with Crippen LogP contribution >= 0.6 is 15.9 Å². The summed E-state index contributed by atoms with van der Waals surface area (Å²) in [5.41, 5.74) is 0. The van der Waals surface area contributed by atoms with Gasteiger partial charge in [0.25, 0.3) is 0 Å². The van der Waals surface area contributed by atoms with E-state index >= 15 is 0 Å². The molecule has 2 atom stereocenters. The van der Waals surface area contributed by atoms with E-state index in [-0.39, 0.29) is 29.9 Å². The number of hydrogen-bond donors (Lipinski definition) is 0. The van der Waals surface area contributed by atoms with Gasteiger partial charge in [0.05, 0.1) is 11.5 Å². The van der Waals surface area contributed by atoms with Gasteiger partial charge in [0.15, 0.2) is 9.84 Å². The van der Waals surface area contributed by atoms with E-state index in [1.807, 2.05) is 0 Å². The first-order chi connectivity index (χ1) is 8.23. The van der Waals surface area contributed by atoms with Crippen molar-refractivity contribution in [3.8, 4) is 0 Å². The lowest BCUT2D eigenvalue weighted by atomic mass is 9.91. The number of alkyl halides is 4. The zero-order valence-electron chi connectivity index (χ0n) is 9.75. The minimum absolute atomic E-state index is 0.00627. The Kier molecular flexibility index (Phi) is 5.92. The predicted octanol–water partition coefficient (Wildman–Crippen LogP) is 2.40. The first-order valence-corrected chi connectivity index (χ1v) is 8.58. The molecule has 108 valence electrons. The Hall–Kier alpha value is 0.180. The highest BCUT2D eigenvalue weighted by molar-refractivity contribution is 9.09. The van der Waals surface area contributed by atoms with E-state index in [4.69, 9.17) is 0 Å². The lowest BCUT2D eigenvalue weighted by Gasteiger charge is -2.20. The number of rotatable bonds is 6. The molecule has 1 aliphatic rings. The Bertz CT molecular complexity index is 356. The van der Waals surface area contributed by atoms with Crippen molar-refractivity contribution in [3.05, 3.63) is 0 Å². The zero-order valence-corrected chi connectivity index (χ0v) is 12.2. The molecule has 18 heavy (non-hydrogen) atoms. The molecule has 0 spiro atoms. The van der Waals surface area contributed by atoms with Gasteiger partial charge in [0.2, 0.25) is 0 Å². The molecule has 0 saturated carbocycles. The molecule has 0 aromatic heterocycles. The SMILES string of the molecule is O=S1(=O)CCC(C(CBr)CCOCC(F)(F)F)C1. The maximum absolute atomic E-state index is 11.9. The van der Waals surface area contributed by atoms with Crippen molar-refractivity contribution in [2.75, 3.05) is 30.0 Å². The highest BCUT2D eigenvalue weighted by Crippen LogP contribution is 2.29. The van der Waals surface area contributed by atoms with Gasteiger partial charge in [-0.15, -0.1) is 0 Å². The molecule has 0 amide bonds. The van der Waals surface area contributed by atoms with Gasteiger partial charge in [-0.3, -0.25) is 0 Å². The van der Waals surface area contributed by atoms with Crippen molar-refractivity contribution in [3.63, 3.8) is 0 Å². The molecule has 1 rings (SSSR count). The van der Waals surface area contributed by atoms with Crippen molar-refractivity contribution in [1.82, 2.24) is 0 Å². The van der Waals surface area contributed by atoms with Gasteiger partial charge < -0.3 is 4.74 Å². The second-order valence-corrected chi connectivity index (χ2v) is 7.41. The quantitative estimate of drug-likeness (QED) is 0.544. The predicted molar refractivity (Wildman–Crippen MR) is 65.5 cm³/mol. The molecule has 1 heterocycles. The lowest BCUT2D eigenvalue weighted by Crippen LogP contribution is -2.22. The van der Waals surface area contributed by atoms with Crippen LogP contribution in [0.25, 0.3) is 0 Å². The monoisotopic (exact) mass is 352 g/mol. The van der Waals surface area contributed by atoms with Crippen molar-refractivity contribution in [1.29, 1.82) is 0 Å². The molecule has 0 aliphatic carbocycles. The lowest BCUT2D eigenvalue weighted by molar-refractivity contribution is -0.174. The third-order valence-corrected chi connectivity index (χ3v) is 5.66. The fourth-order valence-electron chi connectivity index (χ4n) is 2.06. The summed E-state index contributed by atoms with van der Waals surface area (Å²) in [6.07, 6.45) is -3.26. The smallest absolute Gasteiger partial charge is 0.372 e. The third kappa shape index (κ3) is 5.88. The average molecular weight is 353 g/mol. The molecule has 0 bridgehead atoms. The molecule has 3 nitrogen and oxygen atoms in total. The molecule has 1 aliphatic heterocycles. The molecule has 0 aromatic rings. The van der Waals surface area contributed by atoms with Gasteiger partial charge in [0.1, 0.15) is 6.61 Å². The minimum atomic E-state index is -4.30. The molecule has 8 heteroatoms. The Labute approximate surface area is 113 Å². The van der Waals surface area contributed by atoms with Gasteiger partial charge in [-0.05, 0) is 24.7 Å². The standard InChI is InChI=1S/C10H16BrF3O3S/c11-5-8(1-3-17-7-10(12,13)14)9-2-4-18(15,16)6-9/h8-9H,1-7H2. The summed E-state index contributed by atoms with van der Waals surface area (Å²) in [5, 5.41) is 0.586. The van der Waals surface area contributed by atoms with Crippen LogP contribution in [0.1, 0.15) is 12.8 Å². The first-order valence-electron chi connectivity index (χ1n) is 5.64. The van der Waals surface area contributed by atoms with Crippen LogP contribution in [0.2, 0.25) is 0 Å². The maximum Gasteiger partial charge on any atom is 0.411 e. The number of ether oxygens (including phenoxy) is 1. The summed E-state index contributed by atoms with van der Waals surface area (Å²) in [5.74, 6) is 0.409. The molecule has 2 unspecified atom stereocenters. The van der Waals surface area contributed by atoms with Gasteiger partial charge >= 0.3 is 6.18 Å². The molecule has 0 radical (unpaired) electrons. The van der Waals surface area contributed by atoms with Gasteiger partial charge in [-0.2, -0.15) is 13.2 Å². The van der Waals surface area contributed by atoms with Gasteiger partial charge in [0, 0.05) is 11.9 Å². The van der Waals surface area contributed by atoms with E-state index < -0.39 is 22.6 Å². The van der Waals surface area contributed by atoms with Gasteiger partial charge in [-0.25, -0.2) is 8.42 Å². The van der Waals surface area contributed by atoms with Crippen molar-refractivity contribution < 1.29 is 26.3 Å². The Morgan fingerprint density at radius 3 is 2.50 bits per heavy atom. The molecule has 1 saturated heterocycles. The van der Waals surface area contributed by atoms with E-state index in [0.717, 1.165) is 0 Å². The van der Waals surface area contributed by atoms with Crippen molar-refractivity contribution >= 4 is 25.8 Å². The van der Waals surface area contributed by atoms with E-state index in [9.17, 15) is 21.6 Å². The summed E-state index contributed by atoms with van der Waals surface area (Å²) in [6.45, 7) is -1.24. The summed E-state index contributed by atoms with van der Waals surface area (Å²) in [4.78, 5) is 0. The van der Waals surface area contributed by atoms with Gasteiger partial charge in [-0.1, -0.05) is 15.9 Å². The number of halogens is 4. The molecule has 0 aromatic carbocycles. The Balaban J connectivity index is 2.31. The summed E-state index contributed by atoms with van der Waals surface area (Å²) >= 11 is 3.28. The number of sulfone groups is 1. The number of hydrogen-bond acceptors (Lipinski definition) is 3.